The average Bonchev–Trinajstić information content (AvgIpc) is 2.83. The van der Waals surface area contributed by atoms with Crippen LogP contribution in [0.3, 0.4) is 0 Å². The van der Waals surface area contributed by atoms with Crippen molar-refractivity contribution in [1.29, 1.82) is 0 Å². The number of carbonyl (C=O) groups is 1. The number of hydrogen-bond acceptors (Lipinski definition) is 5. The molecule has 1 atom stereocenters. The van der Waals surface area contributed by atoms with Gasteiger partial charge in [-0.25, -0.2) is 13.2 Å². The third kappa shape index (κ3) is 7.06. The molecule has 33 heavy (non-hydrogen) atoms. The van der Waals surface area contributed by atoms with Crippen molar-refractivity contribution in [2.24, 2.45) is 5.92 Å². The number of carbonyl (C=O) groups excluding carboxylic acids is 1. The number of piperidine rings is 1. The number of sulfone groups is 1. The maximum atomic E-state index is 12.5. The minimum Gasteiger partial charge on any atom is -0.459 e. The monoisotopic (exact) mass is 467 g/mol. The Hall–Kier alpha value is -2.86. The molecule has 0 aliphatic carbocycles. The number of nitrogens with zero attached hydrogens (tertiary/aromatic N) is 1. The zero-order valence-corrected chi connectivity index (χ0v) is 20.3. The first-order valence-corrected chi connectivity index (χ1v) is 13.1. The Morgan fingerprint density at radius 3 is 2.12 bits per heavy atom. The van der Waals surface area contributed by atoms with Crippen LogP contribution in [0.5, 0.6) is 0 Å². The zero-order chi connectivity index (χ0) is 23.8. The van der Waals surface area contributed by atoms with E-state index in [1.807, 2.05) is 38.1 Å². The molecule has 0 saturated carbocycles. The lowest BCUT2D eigenvalue weighted by Crippen LogP contribution is -2.37. The van der Waals surface area contributed by atoms with Crippen LogP contribution >= 0.6 is 0 Å². The Morgan fingerprint density at radius 1 is 1.06 bits per heavy atom. The lowest BCUT2D eigenvalue weighted by Gasteiger charge is -2.33. The third-order valence-electron chi connectivity index (χ3n) is 6.06. The summed E-state index contributed by atoms with van der Waals surface area (Å²) in [6.07, 6.45) is 7.65. The summed E-state index contributed by atoms with van der Waals surface area (Å²) in [5, 5.41) is 0. The van der Waals surface area contributed by atoms with Crippen molar-refractivity contribution >= 4 is 33.6 Å². The number of anilines is 1. The van der Waals surface area contributed by atoms with Crippen molar-refractivity contribution in [1.82, 2.24) is 0 Å². The highest BCUT2D eigenvalue weighted by Crippen LogP contribution is 2.23. The molecule has 6 heteroatoms. The van der Waals surface area contributed by atoms with Gasteiger partial charge in [0.1, 0.15) is 6.10 Å². The molecule has 0 bridgehead atoms. The molecular weight excluding hydrogens is 434 g/mol. The molecule has 176 valence electrons. The van der Waals surface area contributed by atoms with Crippen molar-refractivity contribution < 1.29 is 17.9 Å². The minimum absolute atomic E-state index is 0.0367. The number of hydrogen-bond donors (Lipinski definition) is 0. The quantitative estimate of drug-likeness (QED) is 0.282. The maximum Gasteiger partial charge on any atom is 0.330 e. The number of esters is 1. The van der Waals surface area contributed by atoms with Gasteiger partial charge in [-0.2, -0.15) is 0 Å². The molecule has 1 aliphatic heterocycles. The summed E-state index contributed by atoms with van der Waals surface area (Å²) in [6.45, 7) is 9.10. The fourth-order valence-corrected chi connectivity index (χ4v) is 5.54. The van der Waals surface area contributed by atoms with Crippen LogP contribution in [-0.4, -0.2) is 39.3 Å². The first kappa shape index (κ1) is 24.8. The standard InChI is InChI=1S/C27H33NO4S/c1-4-21(3)20-33(30,31)26-14-10-23(11-15-26)7-6-22-8-12-24(13-9-22)28-18-16-25(17-19-28)32-27(29)5-2/h5-15,21,25H,2,4,16-20H2,1,3H3/t21-/m1/s1. The van der Waals surface area contributed by atoms with E-state index < -0.39 is 9.84 Å². The molecule has 1 saturated heterocycles. The lowest BCUT2D eigenvalue weighted by atomic mass is 10.1. The average molecular weight is 468 g/mol. The summed E-state index contributed by atoms with van der Waals surface area (Å²) < 4.78 is 30.3. The van der Waals surface area contributed by atoms with Crippen LogP contribution in [0.4, 0.5) is 5.69 Å². The van der Waals surface area contributed by atoms with Gasteiger partial charge in [-0.05, 0) is 41.3 Å². The molecule has 3 rings (SSSR count). The van der Waals surface area contributed by atoms with Gasteiger partial charge in [0.05, 0.1) is 10.6 Å². The van der Waals surface area contributed by atoms with E-state index in [4.69, 9.17) is 4.74 Å². The highest BCUT2D eigenvalue weighted by Gasteiger charge is 2.21. The second kappa shape index (κ2) is 11.3. The molecule has 0 spiro atoms. The van der Waals surface area contributed by atoms with E-state index in [-0.39, 0.29) is 23.7 Å². The van der Waals surface area contributed by atoms with Crippen molar-refractivity contribution in [3.05, 3.63) is 72.3 Å². The highest BCUT2D eigenvalue weighted by molar-refractivity contribution is 7.91. The van der Waals surface area contributed by atoms with Crippen LogP contribution in [0, 0.1) is 5.92 Å². The normalized spacial score (nSPS) is 16.0. The first-order chi connectivity index (χ1) is 15.8. The molecule has 0 amide bonds. The van der Waals surface area contributed by atoms with Crippen molar-refractivity contribution in [2.45, 2.75) is 44.1 Å². The molecular formula is C27H33NO4S. The minimum atomic E-state index is -3.24. The van der Waals surface area contributed by atoms with Gasteiger partial charge < -0.3 is 9.64 Å². The third-order valence-corrected chi connectivity index (χ3v) is 8.06. The largest absolute Gasteiger partial charge is 0.459 e. The van der Waals surface area contributed by atoms with E-state index in [1.165, 1.54) is 6.08 Å². The van der Waals surface area contributed by atoms with Gasteiger partial charge in [-0.1, -0.05) is 63.3 Å². The van der Waals surface area contributed by atoms with Crippen LogP contribution in [-0.2, 0) is 19.4 Å². The van der Waals surface area contributed by atoms with Gasteiger partial charge >= 0.3 is 5.97 Å². The number of benzene rings is 2. The molecule has 1 aliphatic rings. The number of ether oxygens (including phenoxy) is 1. The Labute approximate surface area is 197 Å². The van der Waals surface area contributed by atoms with Crippen LogP contribution in [0.2, 0.25) is 0 Å². The molecule has 0 aromatic heterocycles. The molecule has 2 aromatic carbocycles. The molecule has 1 heterocycles. The summed E-state index contributed by atoms with van der Waals surface area (Å²) >= 11 is 0. The van der Waals surface area contributed by atoms with Gasteiger partial charge in [-0.3, -0.25) is 0 Å². The summed E-state index contributed by atoms with van der Waals surface area (Å²) in [6, 6.07) is 15.4. The van der Waals surface area contributed by atoms with E-state index in [1.54, 1.807) is 12.1 Å². The topological polar surface area (TPSA) is 63.7 Å². The van der Waals surface area contributed by atoms with E-state index in [0.717, 1.165) is 49.2 Å². The molecule has 0 radical (unpaired) electrons. The van der Waals surface area contributed by atoms with Crippen LogP contribution in [0.1, 0.15) is 44.2 Å². The van der Waals surface area contributed by atoms with Crippen molar-refractivity contribution in [3.8, 4) is 0 Å². The van der Waals surface area contributed by atoms with Crippen LogP contribution < -0.4 is 4.90 Å². The SMILES string of the molecule is C=CC(=O)OC1CCN(c2ccc(C=Cc3ccc(S(=O)(=O)C[C@H](C)CC)cc3)cc2)CC1. The smallest absolute Gasteiger partial charge is 0.330 e. The van der Waals surface area contributed by atoms with Crippen LogP contribution in [0.15, 0.2) is 66.1 Å². The van der Waals surface area contributed by atoms with Gasteiger partial charge in [0.15, 0.2) is 9.84 Å². The van der Waals surface area contributed by atoms with Gasteiger partial charge in [0.2, 0.25) is 0 Å². The molecule has 0 N–H and O–H groups in total. The highest BCUT2D eigenvalue weighted by atomic mass is 32.2. The fourth-order valence-electron chi connectivity index (χ4n) is 3.81. The van der Waals surface area contributed by atoms with Gasteiger partial charge in [0, 0.05) is 37.7 Å². The van der Waals surface area contributed by atoms with Gasteiger partial charge in [0.25, 0.3) is 0 Å². The lowest BCUT2D eigenvalue weighted by molar-refractivity contribution is -0.143. The fraction of sp³-hybridized carbons (Fsp3) is 0.370. The first-order valence-electron chi connectivity index (χ1n) is 11.5. The van der Waals surface area contributed by atoms with E-state index >= 15 is 0 Å². The number of rotatable bonds is 9. The molecule has 0 unspecified atom stereocenters. The predicted octanol–water partition coefficient (Wildman–Crippen LogP) is 5.37. The van der Waals surface area contributed by atoms with Crippen molar-refractivity contribution in [2.75, 3.05) is 23.7 Å². The molecule has 1 fully saturated rings. The summed E-state index contributed by atoms with van der Waals surface area (Å²) in [5.74, 6) is -0.0199. The maximum absolute atomic E-state index is 12.5. The summed E-state index contributed by atoms with van der Waals surface area (Å²) in [4.78, 5) is 14.0. The van der Waals surface area contributed by atoms with Crippen LogP contribution in [0.25, 0.3) is 12.2 Å². The van der Waals surface area contributed by atoms with Gasteiger partial charge in [-0.15, -0.1) is 0 Å². The van der Waals surface area contributed by atoms with E-state index in [0.29, 0.717) is 4.90 Å². The summed E-state index contributed by atoms with van der Waals surface area (Å²) in [5.41, 5.74) is 3.18. The Bertz CT molecular complexity index is 1060. The zero-order valence-electron chi connectivity index (χ0n) is 19.4. The Balaban J connectivity index is 1.56. The second-order valence-electron chi connectivity index (χ2n) is 8.62. The van der Waals surface area contributed by atoms with E-state index in [9.17, 15) is 13.2 Å². The second-order valence-corrected chi connectivity index (χ2v) is 10.7. The Kier molecular flexibility index (Phi) is 8.50. The predicted molar refractivity (Wildman–Crippen MR) is 135 cm³/mol. The molecule has 2 aromatic rings. The molecule has 5 nitrogen and oxygen atoms in total. The summed E-state index contributed by atoms with van der Waals surface area (Å²) in [7, 11) is -3.24. The Morgan fingerprint density at radius 2 is 1.61 bits per heavy atom. The van der Waals surface area contributed by atoms with Crippen molar-refractivity contribution in [3.63, 3.8) is 0 Å². The van der Waals surface area contributed by atoms with E-state index in [2.05, 4.69) is 35.7 Å².